The van der Waals surface area contributed by atoms with Crippen LogP contribution in [0, 0.1) is 0 Å². The van der Waals surface area contributed by atoms with E-state index in [2.05, 4.69) is 4.98 Å². The van der Waals surface area contributed by atoms with Gasteiger partial charge in [-0.25, -0.2) is 8.42 Å². The Kier molecular flexibility index (Phi) is 6.49. The van der Waals surface area contributed by atoms with Crippen molar-refractivity contribution < 1.29 is 13.2 Å². The Balaban J connectivity index is 1.85. The molecular formula is C20H26N4O4S. The molecule has 9 heteroatoms. The van der Waals surface area contributed by atoms with Crippen LogP contribution in [0.15, 0.2) is 52.5 Å². The van der Waals surface area contributed by atoms with Crippen LogP contribution in [-0.2, 0) is 21.4 Å². The van der Waals surface area contributed by atoms with E-state index in [0.717, 1.165) is 18.4 Å². The van der Waals surface area contributed by atoms with E-state index in [1.807, 2.05) is 12.1 Å². The van der Waals surface area contributed by atoms with Crippen LogP contribution >= 0.6 is 0 Å². The number of sulfonamides is 1. The predicted octanol–water partition coefficient (Wildman–Crippen LogP) is 1.64. The molecular weight excluding hydrogens is 392 g/mol. The predicted molar refractivity (Wildman–Crippen MR) is 109 cm³/mol. The third kappa shape index (κ3) is 4.40. The molecule has 3 rings (SSSR count). The first-order chi connectivity index (χ1) is 13.9. The Bertz CT molecular complexity index is 1020. The monoisotopic (exact) mass is 418 g/mol. The van der Waals surface area contributed by atoms with Crippen LogP contribution in [0.2, 0.25) is 0 Å². The largest absolute Gasteiger partial charge is 0.334 e. The molecule has 2 aromatic heterocycles. The number of hydrogen-bond donors (Lipinski definition) is 0. The van der Waals surface area contributed by atoms with Crippen molar-refractivity contribution in [1.29, 1.82) is 0 Å². The fourth-order valence-corrected chi connectivity index (χ4v) is 5.21. The summed E-state index contributed by atoms with van der Waals surface area (Å²) in [5.74, 6) is -0.205. The minimum absolute atomic E-state index is 0.0145. The molecule has 156 valence electrons. The number of carbonyl (C=O) groups excluding carboxylic acids is 1. The van der Waals surface area contributed by atoms with Crippen LogP contribution in [0.4, 0.5) is 0 Å². The van der Waals surface area contributed by atoms with Gasteiger partial charge in [-0.05, 0) is 36.6 Å². The fourth-order valence-electron chi connectivity index (χ4n) is 3.73. The number of amides is 1. The highest BCUT2D eigenvalue weighted by atomic mass is 32.2. The minimum Gasteiger partial charge on any atom is -0.334 e. The number of nitrogens with zero attached hydrogens (tertiary/aromatic N) is 4. The Morgan fingerprint density at radius 2 is 1.86 bits per heavy atom. The Labute approximate surface area is 170 Å². The second-order valence-corrected chi connectivity index (χ2v) is 8.88. The molecule has 1 fully saturated rings. The standard InChI is InChI=1S/C20H26N4O4S/c1-3-23(4-2)29(27,28)17-7-8-19(25)22(14-17)15-20(26)24-13-5-6-18(24)16-9-11-21-12-10-16/h7-12,14,18H,3-6,13,15H2,1-2H3. The summed E-state index contributed by atoms with van der Waals surface area (Å²) in [6.45, 7) is 4.59. The van der Waals surface area contributed by atoms with Crippen molar-refractivity contribution in [3.05, 3.63) is 58.8 Å². The summed E-state index contributed by atoms with van der Waals surface area (Å²) in [5.41, 5.74) is 0.604. The molecule has 0 N–H and O–H groups in total. The second-order valence-electron chi connectivity index (χ2n) is 6.95. The normalized spacial score (nSPS) is 17.1. The van der Waals surface area contributed by atoms with E-state index in [1.165, 1.54) is 27.2 Å². The molecule has 0 radical (unpaired) electrons. The molecule has 2 aromatic rings. The topological polar surface area (TPSA) is 92.6 Å². The van der Waals surface area contributed by atoms with Gasteiger partial charge in [-0.1, -0.05) is 13.8 Å². The van der Waals surface area contributed by atoms with Crippen molar-refractivity contribution in [3.63, 3.8) is 0 Å². The maximum Gasteiger partial charge on any atom is 0.251 e. The Hall–Kier alpha value is -2.52. The molecule has 1 saturated heterocycles. The first-order valence-electron chi connectivity index (χ1n) is 9.78. The van der Waals surface area contributed by atoms with E-state index >= 15 is 0 Å². The molecule has 0 aromatic carbocycles. The molecule has 0 spiro atoms. The average Bonchev–Trinajstić information content (AvgIpc) is 3.21. The maximum absolute atomic E-state index is 12.9. The van der Waals surface area contributed by atoms with E-state index in [4.69, 9.17) is 0 Å². The molecule has 1 atom stereocenters. The van der Waals surface area contributed by atoms with Crippen LogP contribution in [0.25, 0.3) is 0 Å². The summed E-state index contributed by atoms with van der Waals surface area (Å²) in [5, 5.41) is 0. The number of hydrogen-bond acceptors (Lipinski definition) is 5. The van der Waals surface area contributed by atoms with Crippen molar-refractivity contribution in [2.75, 3.05) is 19.6 Å². The average molecular weight is 419 g/mol. The van der Waals surface area contributed by atoms with Crippen molar-refractivity contribution in [1.82, 2.24) is 18.8 Å². The zero-order valence-electron chi connectivity index (χ0n) is 16.7. The second kappa shape index (κ2) is 8.87. The number of rotatable bonds is 7. The molecule has 1 amide bonds. The Morgan fingerprint density at radius 1 is 1.17 bits per heavy atom. The van der Waals surface area contributed by atoms with Gasteiger partial charge in [0.25, 0.3) is 5.56 Å². The molecule has 0 bridgehead atoms. The third-order valence-electron chi connectivity index (χ3n) is 5.27. The quantitative estimate of drug-likeness (QED) is 0.682. The minimum atomic E-state index is -3.71. The van der Waals surface area contributed by atoms with Gasteiger partial charge in [-0.3, -0.25) is 14.6 Å². The summed E-state index contributed by atoms with van der Waals surface area (Å²) < 4.78 is 28.0. The summed E-state index contributed by atoms with van der Waals surface area (Å²) in [4.78, 5) is 31.0. The van der Waals surface area contributed by atoms with Gasteiger partial charge in [0.1, 0.15) is 6.54 Å². The van der Waals surface area contributed by atoms with Gasteiger partial charge in [-0.15, -0.1) is 0 Å². The molecule has 29 heavy (non-hydrogen) atoms. The highest BCUT2D eigenvalue weighted by Gasteiger charge is 2.30. The van der Waals surface area contributed by atoms with Crippen LogP contribution < -0.4 is 5.56 Å². The maximum atomic E-state index is 12.9. The lowest BCUT2D eigenvalue weighted by atomic mass is 10.1. The van der Waals surface area contributed by atoms with Gasteiger partial charge in [0.05, 0.1) is 10.9 Å². The number of pyridine rings is 2. The zero-order chi connectivity index (χ0) is 21.0. The van der Waals surface area contributed by atoms with Crippen molar-refractivity contribution >= 4 is 15.9 Å². The summed E-state index contributed by atoms with van der Waals surface area (Å²) in [6, 6.07) is 6.23. The fraction of sp³-hybridized carbons (Fsp3) is 0.450. The molecule has 1 aliphatic heterocycles. The Morgan fingerprint density at radius 3 is 2.52 bits per heavy atom. The van der Waals surface area contributed by atoms with Gasteiger partial charge < -0.3 is 9.47 Å². The first kappa shape index (κ1) is 21.2. The lowest BCUT2D eigenvalue weighted by molar-refractivity contribution is -0.132. The lowest BCUT2D eigenvalue weighted by Crippen LogP contribution is -2.36. The smallest absolute Gasteiger partial charge is 0.251 e. The van der Waals surface area contributed by atoms with Gasteiger partial charge in [-0.2, -0.15) is 4.31 Å². The SMILES string of the molecule is CCN(CC)S(=O)(=O)c1ccc(=O)n(CC(=O)N2CCCC2c2ccncc2)c1. The summed E-state index contributed by atoms with van der Waals surface area (Å²) >= 11 is 0. The highest BCUT2D eigenvalue weighted by Crippen LogP contribution is 2.31. The number of aromatic nitrogens is 2. The van der Waals surface area contributed by atoms with Crippen molar-refractivity contribution in [3.8, 4) is 0 Å². The van der Waals surface area contributed by atoms with Crippen LogP contribution in [-0.4, -0.2) is 52.7 Å². The van der Waals surface area contributed by atoms with E-state index in [0.29, 0.717) is 19.6 Å². The summed E-state index contributed by atoms with van der Waals surface area (Å²) in [7, 11) is -3.71. The molecule has 0 saturated carbocycles. The van der Waals surface area contributed by atoms with E-state index in [1.54, 1.807) is 31.1 Å². The van der Waals surface area contributed by atoms with Crippen LogP contribution in [0.1, 0.15) is 38.3 Å². The molecule has 1 unspecified atom stereocenters. The van der Waals surface area contributed by atoms with Crippen molar-refractivity contribution in [2.24, 2.45) is 0 Å². The van der Waals surface area contributed by atoms with Gasteiger partial charge >= 0.3 is 0 Å². The first-order valence-corrected chi connectivity index (χ1v) is 11.2. The lowest BCUT2D eigenvalue weighted by Gasteiger charge is -2.25. The van der Waals surface area contributed by atoms with E-state index < -0.39 is 15.6 Å². The molecule has 1 aliphatic rings. The molecule has 0 aliphatic carbocycles. The van der Waals surface area contributed by atoms with Gasteiger partial charge in [0, 0.05) is 44.3 Å². The number of carbonyl (C=O) groups is 1. The molecule has 8 nitrogen and oxygen atoms in total. The zero-order valence-corrected chi connectivity index (χ0v) is 17.5. The van der Waals surface area contributed by atoms with Gasteiger partial charge in [0.2, 0.25) is 15.9 Å². The molecule has 3 heterocycles. The number of likely N-dealkylation sites (tertiary alicyclic amines) is 1. The van der Waals surface area contributed by atoms with Gasteiger partial charge in [0.15, 0.2) is 0 Å². The van der Waals surface area contributed by atoms with Crippen LogP contribution in [0.5, 0.6) is 0 Å². The van der Waals surface area contributed by atoms with E-state index in [-0.39, 0.29) is 23.4 Å². The van der Waals surface area contributed by atoms with Crippen molar-refractivity contribution in [2.45, 2.75) is 44.2 Å². The van der Waals surface area contributed by atoms with E-state index in [9.17, 15) is 18.0 Å². The summed E-state index contributed by atoms with van der Waals surface area (Å²) in [6.07, 6.45) is 6.39. The highest BCUT2D eigenvalue weighted by molar-refractivity contribution is 7.89. The third-order valence-corrected chi connectivity index (χ3v) is 7.30. The van der Waals surface area contributed by atoms with Crippen LogP contribution in [0.3, 0.4) is 0 Å².